The van der Waals surface area contributed by atoms with Gasteiger partial charge in [0.25, 0.3) is 0 Å². The first-order valence-electron chi connectivity index (χ1n) is 6.50. The minimum Gasteiger partial charge on any atom is -0.497 e. The van der Waals surface area contributed by atoms with Crippen LogP contribution in [0.4, 0.5) is 0 Å². The second-order valence-electron chi connectivity index (χ2n) is 4.43. The van der Waals surface area contributed by atoms with Crippen molar-refractivity contribution in [3.8, 4) is 11.4 Å². The predicted octanol–water partition coefficient (Wildman–Crippen LogP) is 3.34. The van der Waals surface area contributed by atoms with E-state index in [1.54, 1.807) is 32.0 Å². The van der Waals surface area contributed by atoms with Gasteiger partial charge >= 0.3 is 0 Å². The highest BCUT2D eigenvalue weighted by molar-refractivity contribution is 7.99. The Kier molecular flexibility index (Phi) is 5.24. The smallest absolute Gasteiger partial charge is 0.172 e. The van der Waals surface area contributed by atoms with Crippen molar-refractivity contribution in [3.63, 3.8) is 0 Å². The molecule has 0 saturated carbocycles. The number of hydrogen-bond donors (Lipinski definition) is 0. The van der Waals surface area contributed by atoms with Crippen molar-refractivity contribution < 1.29 is 9.53 Å². The molecule has 0 aliphatic rings. The van der Waals surface area contributed by atoms with Gasteiger partial charge < -0.3 is 9.53 Å². The van der Waals surface area contributed by atoms with Crippen LogP contribution in [0, 0.1) is 0 Å². The standard InChI is InChI=1S/C15H18N2O2S/c1-12(18)4-3-11-20-15-16-9-10-17(15)13-5-7-14(19-2)8-6-13/h5-10H,3-4,11H2,1-2H3. The van der Waals surface area contributed by atoms with Gasteiger partial charge in [0.15, 0.2) is 5.16 Å². The fourth-order valence-electron chi connectivity index (χ4n) is 1.82. The van der Waals surface area contributed by atoms with Crippen LogP contribution in [0.3, 0.4) is 0 Å². The van der Waals surface area contributed by atoms with Gasteiger partial charge in [0.2, 0.25) is 0 Å². The molecule has 4 nitrogen and oxygen atoms in total. The first-order chi connectivity index (χ1) is 9.70. The van der Waals surface area contributed by atoms with Crippen LogP contribution in [0.25, 0.3) is 5.69 Å². The van der Waals surface area contributed by atoms with E-state index in [2.05, 4.69) is 4.98 Å². The van der Waals surface area contributed by atoms with E-state index in [9.17, 15) is 4.79 Å². The molecule has 20 heavy (non-hydrogen) atoms. The third kappa shape index (κ3) is 3.87. The number of methoxy groups -OCH3 is 1. The van der Waals surface area contributed by atoms with Crippen molar-refractivity contribution in [1.82, 2.24) is 9.55 Å². The zero-order valence-corrected chi connectivity index (χ0v) is 12.5. The SMILES string of the molecule is COc1ccc(-n2ccnc2SCCCC(C)=O)cc1. The Morgan fingerprint density at radius 1 is 1.35 bits per heavy atom. The average molecular weight is 290 g/mol. The Hall–Kier alpha value is -1.75. The number of ketones is 1. The van der Waals surface area contributed by atoms with Gasteiger partial charge in [-0.2, -0.15) is 0 Å². The Morgan fingerprint density at radius 3 is 2.75 bits per heavy atom. The molecule has 1 aromatic carbocycles. The molecular formula is C15H18N2O2S. The second-order valence-corrected chi connectivity index (χ2v) is 5.49. The summed E-state index contributed by atoms with van der Waals surface area (Å²) in [5.74, 6) is 1.97. The summed E-state index contributed by atoms with van der Waals surface area (Å²) in [6.07, 6.45) is 5.25. The quantitative estimate of drug-likeness (QED) is 0.579. The summed E-state index contributed by atoms with van der Waals surface area (Å²) < 4.78 is 7.20. The summed E-state index contributed by atoms with van der Waals surface area (Å²) in [4.78, 5) is 15.3. The first kappa shape index (κ1) is 14.7. The van der Waals surface area contributed by atoms with E-state index in [0.29, 0.717) is 6.42 Å². The number of benzene rings is 1. The summed E-state index contributed by atoms with van der Waals surface area (Å²) in [5.41, 5.74) is 1.05. The van der Waals surface area contributed by atoms with E-state index >= 15 is 0 Å². The minimum absolute atomic E-state index is 0.240. The number of thioether (sulfide) groups is 1. The number of nitrogens with zero attached hydrogens (tertiary/aromatic N) is 2. The van der Waals surface area contributed by atoms with Crippen LogP contribution in [0.1, 0.15) is 19.8 Å². The molecule has 0 amide bonds. The van der Waals surface area contributed by atoms with Gasteiger partial charge in [-0.1, -0.05) is 11.8 Å². The van der Waals surface area contributed by atoms with Crippen LogP contribution in [-0.2, 0) is 4.79 Å². The van der Waals surface area contributed by atoms with E-state index in [0.717, 1.165) is 28.8 Å². The van der Waals surface area contributed by atoms with Crippen LogP contribution in [-0.4, -0.2) is 28.2 Å². The first-order valence-corrected chi connectivity index (χ1v) is 7.49. The Morgan fingerprint density at radius 2 is 2.10 bits per heavy atom. The fraction of sp³-hybridized carbons (Fsp3) is 0.333. The molecule has 1 heterocycles. The number of hydrogen-bond acceptors (Lipinski definition) is 4. The van der Waals surface area contributed by atoms with Crippen molar-refractivity contribution in [1.29, 1.82) is 0 Å². The van der Waals surface area contributed by atoms with Crippen molar-refractivity contribution in [2.24, 2.45) is 0 Å². The molecule has 106 valence electrons. The number of Topliss-reactive ketones (excluding diaryl/α,β-unsaturated/α-hetero) is 1. The highest BCUT2D eigenvalue weighted by Gasteiger charge is 2.06. The van der Waals surface area contributed by atoms with Gasteiger partial charge in [0.1, 0.15) is 11.5 Å². The van der Waals surface area contributed by atoms with Crippen molar-refractivity contribution in [2.45, 2.75) is 24.9 Å². The van der Waals surface area contributed by atoms with Gasteiger partial charge in [-0.25, -0.2) is 4.98 Å². The molecule has 0 bridgehead atoms. The lowest BCUT2D eigenvalue weighted by Gasteiger charge is -2.08. The number of carbonyl (C=O) groups is 1. The topological polar surface area (TPSA) is 44.1 Å². The summed E-state index contributed by atoms with van der Waals surface area (Å²) in [6, 6.07) is 7.86. The summed E-state index contributed by atoms with van der Waals surface area (Å²) in [5, 5.41) is 0.943. The molecule has 0 saturated heterocycles. The van der Waals surface area contributed by atoms with Gasteiger partial charge in [-0.15, -0.1) is 0 Å². The molecule has 0 fully saturated rings. The van der Waals surface area contributed by atoms with E-state index in [4.69, 9.17) is 4.74 Å². The predicted molar refractivity (Wildman–Crippen MR) is 80.8 cm³/mol. The van der Waals surface area contributed by atoms with E-state index in [1.807, 2.05) is 35.0 Å². The van der Waals surface area contributed by atoms with Crippen molar-refractivity contribution >= 4 is 17.5 Å². The van der Waals surface area contributed by atoms with E-state index < -0.39 is 0 Å². The zero-order chi connectivity index (χ0) is 14.4. The Balaban J connectivity index is 2.01. The van der Waals surface area contributed by atoms with Gasteiger partial charge in [0, 0.05) is 30.3 Å². The normalized spacial score (nSPS) is 10.5. The number of rotatable bonds is 7. The van der Waals surface area contributed by atoms with Crippen LogP contribution in [0.2, 0.25) is 0 Å². The molecular weight excluding hydrogens is 272 g/mol. The molecule has 0 atom stereocenters. The third-order valence-corrected chi connectivity index (χ3v) is 3.91. The van der Waals surface area contributed by atoms with E-state index in [-0.39, 0.29) is 5.78 Å². The van der Waals surface area contributed by atoms with Crippen LogP contribution >= 0.6 is 11.8 Å². The average Bonchev–Trinajstić information content (AvgIpc) is 2.92. The van der Waals surface area contributed by atoms with Gasteiger partial charge in [-0.3, -0.25) is 4.57 Å². The Bertz CT molecular complexity index is 564. The summed E-state index contributed by atoms with van der Waals surface area (Å²) >= 11 is 1.67. The second kappa shape index (κ2) is 7.14. The molecule has 0 unspecified atom stereocenters. The number of imidazole rings is 1. The van der Waals surface area contributed by atoms with Crippen LogP contribution in [0.5, 0.6) is 5.75 Å². The third-order valence-electron chi connectivity index (χ3n) is 2.86. The molecule has 0 aliphatic heterocycles. The fourth-order valence-corrected chi connectivity index (χ4v) is 2.73. The van der Waals surface area contributed by atoms with Gasteiger partial charge in [-0.05, 0) is 37.6 Å². The highest BCUT2D eigenvalue weighted by Crippen LogP contribution is 2.23. The molecule has 0 aliphatic carbocycles. The minimum atomic E-state index is 0.240. The molecule has 1 aromatic heterocycles. The number of ether oxygens (including phenoxy) is 1. The zero-order valence-electron chi connectivity index (χ0n) is 11.7. The molecule has 2 rings (SSSR count). The van der Waals surface area contributed by atoms with Crippen molar-refractivity contribution in [2.75, 3.05) is 12.9 Å². The Labute approximate surface area is 123 Å². The summed E-state index contributed by atoms with van der Waals surface area (Å²) in [6.45, 7) is 1.63. The maximum absolute atomic E-state index is 10.9. The number of aromatic nitrogens is 2. The molecule has 5 heteroatoms. The van der Waals surface area contributed by atoms with E-state index in [1.165, 1.54) is 0 Å². The maximum atomic E-state index is 10.9. The monoisotopic (exact) mass is 290 g/mol. The lowest BCUT2D eigenvalue weighted by molar-refractivity contribution is -0.117. The highest BCUT2D eigenvalue weighted by atomic mass is 32.2. The molecule has 0 N–H and O–H groups in total. The lowest BCUT2D eigenvalue weighted by Crippen LogP contribution is -1.97. The summed E-state index contributed by atoms with van der Waals surface area (Å²) in [7, 11) is 1.66. The molecule has 0 radical (unpaired) electrons. The largest absolute Gasteiger partial charge is 0.497 e. The lowest BCUT2D eigenvalue weighted by atomic mass is 10.3. The maximum Gasteiger partial charge on any atom is 0.172 e. The van der Waals surface area contributed by atoms with Crippen LogP contribution in [0.15, 0.2) is 41.8 Å². The van der Waals surface area contributed by atoms with Crippen LogP contribution < -0.4 is 4.74 Å². The van der Waals surface area contributed by atoms with Crippen molar-refractivity contribution in [3.05, 3.63) is 36.7 Å². The number of carbonyl (C=O) groups excluding carboxylic acids is 1. The molecule has 2 aromatic rings. The van der Waals surface area contributed by atoms with Gasteiger partial charge in [0.05, 0.1) is 7.11 Å². The molecule has 0 spiro atoms.